The van der Waals surface area contributed by atoms with Gasteiger partial charge in [-0.15, -0.1) is 0 Å². The minimum Gasteiger partial charge on any atom is -0.336 e. The Morgan fingerprint density at radius 2 is 1.86 bits per heavy atom. The van der Waals surface area contributed by atoms with Crippen LogP contribution in [0.15, 0.2) is 60.8 Å². The highest BCUT2D eigenvalue weighted by Gasteiger charge is 2.15. The van der Waals surface area contributed by atoms with Crippen molar-refractivity contribution in [3.8, 4) is 5.69 Å². The number of carbonyl (C=O) groups is 1. The molecule has 2 N–H and O–H groups in total. The summed E-state index contributed by atoms with van der Waals surface area (Å²) in [6.45, 7) is 4.57. The first kappa shape index (κ1) is 19.6. The number of hydrogen-bond acceptors (Lipinski definition) is 3. The molecule has 1 atom stereocenters. The number of aryl methyl sites for hydroxylation is 2. The Labute approximate surface area is 166 Å². The summed E-state index contributed by atoms with van der Waals surface area (Å²) in [5.74, 6) is 0. The molecule has 3 aromatic rings. The molecule has 1 heterocycles. The molecule has 0 spiro atoms. The van der Waals surface area contributed by atoms with Crippen molar-refractivity contribution in [3.63, 3.8) is 0 Å². The van der Waals surface area contributed by atoms with Gasteiger partial charge in [0.1, 0.15) is 0 Å². The number of amides is 2. The number of carbonyl (C=O) groups excluding carboxylic acids is 1. The van der Waals surface area contributed by atoms with Gasteiger partial charge in [-0.3, -0.25) is 0 Å². The summed E-state index contributed by atoms with van der Waals surface area (Å²) in [6.07, 6.45) is 1.76. The Hall–Kier alpha value is -3.12. The maximum atomic E-state index is 12.4. The van der Waals surface area contributed by atoms with Crippen LogP contribution in [0.3, 0.4) is 0 Å². The van der Waals surface area contributed by atoms with Gasteiger partial charge in [-0.05, 0) is 57.8 Å². The number of nitrogens with zero attached hydrogens (tertiary/aromatic N) is 3. The molecule has 0 fully saturated rings. The fourth-order valence-corrected chi connectivity index (χ4v) is 3.11. The molecular formula is C22H27N5O. The van der Waals surface area contributed by atoms with Crippen molar-refractivity contribution < 1.29 is 4.79 Å². The van der Waals surface area contributed by atoms with Gasteiger partial charge in [0.15, 0.2) is 0 Å². The van der Waals surface area contributed by atoms with E-state index >= 15 is 0 Å². The minimum absolute atomic E-state index is 0.101. The van der Waals surface area contributed by atoms with Crippen LogP contribution in [0.4, 0.5) is 10.5 Å². The summed E-state index contributed by atoms with van der Waals surface area (Å²) in [6, 6.07) is 17.9. The lowest BCUT2D eigenvalue weighted by molar-refractivity contribution is 0.243. The third-order valence-corrected chi connectivity index (χ3v) is 4.72. The first-order valence-electron chi connectivity index (χ1n) is 9.33. The van der Waals surface area contributed by atoms with Gasteiger partial charge in [-0.2, -0.15) is 5.10 Å². The topological polar surface area (TPSA) is 62.2 Å². The van der Waals surface area contributed by atoms with Gasteiger partial charge in [0.25, 0.3) is 0 Å². The van der Waals surface area contributed by atoms with Crippen LogP contribution in [-0.2, 0) is 0 Å². The van der Waals surface area contributed by atoms with E-state index in [-0.39, 0.29) is 12.1 Å². The SMILES string of the molecule is Cc1ccc(C(CNC(=O)Nc2cccc(-n3nccc3C)c2)N(C)C)cc1. The number of nitrogens with one attached hydrogen (secondary N) is 2. The number of benzene rings is 2. The lowest BCUT2D eigenvalue weighted by Crippen LogP contribution is -2.36. The Morgan fingerprint density at radius 1 is 1.11 bits per heavy atom. The fraction of sp³-hybridized carbons (Fsp3) is 0.273. The van der Waals surface area contributed by atoms with E-state index < -0.39 is 0 Å². The van der Waals surface area contributed by atoms with E-state index in [1.165, 1.54) is 11.1 Å². The maximum Gasteiger partial charge on any atom is 0.319 e. The maximum absolute atomic E-state index is 12.4. The van der Waals surface area contributed by atoms with Crippen LogP contribution >= 0.6 is 0 Å². The van der Waals surface area contributed by atoms with Crippen molar-refractivity contribution in [1.82, 2.24) is 20.0 Å². The number of aromatic nitrogens is 2. The van der Waals surface area contributed by atoms with E-state index in [0.29, 0.717) is 6.54 Å². The molecule has 3 rings (SSSR count). The molecule has 0 saturated heterocycles. The molecule has 2 amide bonds. The highest BCUT2D eigenvalue weighted by molar-refractivity contribution is 5.89. The summed E-state index contributed by atoms with van der Waals surface area (Å²) < 4.78 is 1.84. The second kappa shape index (κ2) is 8.71. The lowest BCUT2D eigenvalue weighted by atomic mass is 10.0. The van der Waals surface area contributed by atoms with Crippen LogP contribution in [-0.4, -0.2) is 41.4 Å². The summed E-state index contributed by atoms with van der Waals surface area (Å²) in [5, 5.41) is 10.2. The molecule has 0 radical (unpaired) electrons. The van der Waals surface area contributed by atoms with E-state index in [1.807, 2.05) is 56.0 Å². The molecule has 0 aliphatic rings. The molecule has 0 aliphatic heterocycles. The van der Waals surface area contributed by atoms with Crippen molar-refractivity contribution in [2.45, 2.75) is 19.9 Å². The first-order chi connectivity index (χ1) is 13.4. The molecule has 6 nitrogen and oxygen atoms in total. The zero-order chi connectivity index (χ0) is 20.1. The van der Waals surface area contributed by atoms with E-state index in [9.17, 15) is 4.79 Å². The molecular weight excluding hydrogens is 350 g/mol. The Morgan fingerprint density at radius 3 is 2.50 bits per heavy atom. The Kier molecular flexibility index (Phi) is 6.11. The van der Waals surface area contributed by atoms with Gasteiger partial charge in [-0.1, -0.05) is 35.9 Å². The van der Waals surface area contributed by atoms with Gasteiger partial charge in [0, 0.05) is 24.1 Å². The van der Waals surface area contributed by atoms with Crippen molar-refractivity contribution in [2.75, 3.05) is 26.0 Å². The van der Waals surface area contributed by atoms with Crippen molar-refractivity contribution in [1.29, 1.82) is 0 Å². The second-order valence-electron chi connectivity index (χ2n) is 7.16. The summed E-state index contributed by atoms with van der Waals surface area (Å²) >= 11 is 0. The molecule has 6 heteroatoms. The molecule has 0 bridgehead atoms. The van der Waals surface area contributed by atoms with Gasteiger partial charge >= 0.3 is 6.03 Å². The van der Waals surface area contributed by atoms with Crippen LogP contribution in [0.1, 0.15) is 22.9 Å². The van der Waals surface area contributed by atoms with E-state index in [4.69, 9.17) is 0 Å². The van der Waals surface area contributed by atoms with Crippen LogP contribution < -0.4 is 10.6 Å². The fourth-order valence-electron chi connectivity index (χ4n) is 3.11. The van der Waals surface area contributed by atoms with Crippen molar-refractivity contribution >= 4 is 11.7 Å². The van der Waals surface area contributed by atoms with E-state index in [1.54, 1.807) is 6.20 Å². The van der Waals surface area contributed by atoms with Crippen LogP contribution in [0.25, 0.3) is 5.69 Å². The third-order valence-electron chi connectivity index (χ3n) is 4.72. The highest BCUT2D eigenvalue weighted by Crippen LogP contribution is 2.19. The Bertz CT molecular complexity index is 930. The largest absolute Gasteiger partial charge is 0.336 e. The van der Waals surface area contributed by atoms with E-state index in [2.05, 4.69) is 51.8 Å². The van der Waals surface area contributed by atoms with Gasteiger partial charge in [0.05, 0.1) is 11.7 Å². The summed E-state index contributed by atoms with van der Waals surface area (Å²) in [7, 11) is 4.03. The summed E-state index contributed by atoms with van der Waals surface area (Å²) in [4.78, 5) is 14.5. The molecule has 28 heavy (non-hydrogen) atoms. The van der Waals surface area contributed by atoms with Gasteiger partial charge in [0.2, 0.25) is 0 Å². The average Bonchev–Trinajstić information content (AvgIpc) is 3.09. The molecule has 2 aromatic carbocycles. The second-order valence-corrected chi connectivity index (χ2v) is 7.16. The number of hydrogen-bond donors (Lipinski definition) is 2. The van der Waals surface area contributed by atoms with Gasteiger partial charge in [-0.25, -0.2) is 9.48 Å². The molecule has 0 saturated carbocycles. The number of likely N-dealkylation sites (N-methyl/N-ethyl adjacent to an activating group) is 1. The van der Waals surface area contributed by atoms with Crippen molar-refractivity contribution in [3.05, 3.63) is 77.6 Å². The number of rotatable bonds is 6. The molecule has 0 aliphatic carbocycles. The standard InChI is InChI=1S/C22H27N5O/c1-16-8-10-18(11-9-16)21(26(3)4)15-23-22(28)25-19-6-5-7-20(14-19)27-17(2)12-13-24-27/h5-14,21H,15H2,1-4H3,(H2,23,25,28). The number of anilines is 1. The lowest BCUT2D eigenvalue weighted by Gasteiger charge is -2.25. The zero-order valence-corrected chi connectivity index (χ0v) is 16.8. The van der Waals surface area contributed by atoms with Crippen LogP contribution in [0.5, 0.6) is 0 Å². The monoisotopic (exact) mass is 377 g/mol. The highest BCUT2D eigenvalue weighted by atomic mass is 16.2. The van der Waals surface area contributed by atoms with E-state index in [0.717, 1.165) is 17.1 Å². The molecule has 146 valence electrons. The molecule has 1 aromatic heterocycles. The van der Waals surface area contributed by atoms with Crippen LogP contribution in [0, 0.1) is 13.8 Å². The average molecular weight is 377 g/mol. The number of urea groups is 1. The summed E-state index contributed by atoms with van der Waals surface area (Å²) in [5.41, 5.74) is 5.06. The zero-order valence-electron chi connectivity index (χ0n) is 16.8. The first-order valence-corrected chi connectivity index (χ1v) is 9.33. The Balaban J connectivity index is 1.63. The van der Waals surface area contributed by atoms with Gasteiger partial charge < -0.3 is 15.5 Å². The predicted octanol–water partition coefficient (Wildman–Crippen LogP) is 3.91. The van der Waals surface area contributed by atoms with Crippen LogP contribution in [0.2, 0.25) is 0 Å². The predicted molar refractivity (Wildman–Crippen MR) is 113 cm³/mol. The third kappa shape index (κ3) is 4.78. The van der Waals surface area contributed by atoms with Crippen molar-refractivity contribution in [2.24, 2.45) is 0 Å². The molecule has 1 unspecified atom stereocenters. The minimum atomic E-state index is -0.228. The quantitative estimate of drug-likeness (QED) is 0.685. The normalized spacial score (nSPS) is 12.0. The smallest absolute Gasteiger partial charge is 0.319 e.